The summed E-state index contributed by atoms with van der Waals surface area (Å²) in [5.74, 6) is 0.816. The lowest BCUT2D eigenvalue weighted by atomic mass is 9.99. The van der Waals surface area contributed by atoms with E-state index < -0.39 is 0 Å². The van der Waals surface area contributed by atoms with Gasteiger partial charge in [-0.25, -0.2) is 9.50 Å². The van der Waals surface area contributed by atoms with Crippen molar-refractivity contribution in [2.75, 3.05) is 25.1 Å². The molecule has 0 unspecified atom stereocenters. The summed E-state index contributed by atoms with van der Waals surface area (Å²) in [4.78, 5) is 7.34. The first-order valence-corrected chi connectivity index (χ1v) is 12.1. The molecule has 6 nitrogen and oxygen atoms in total. The Kier molecular flexibility index (Phi) is 5.38. The lowest BCUT2D eigenvalue weighted by Gasteiger charge is -2.41. The maximum Gasteiger partial charge on any atom is 0.162 e. The Bertz CT molecular complexity index is 1500. The molecule has 0 saturated carbocycles. The highest BCUT2D eigenvalue weighted by molar-refractivity contribution is 6.02. The van der Waals surface area contributed by atoms with E-state index in [-0.39, 0.29) is 0 Å². The van der Waals surface area contributed by atoms with Crippen LogP contribution in [-0.4, -0.2) is 46.9 Å². The number of ether oxygens (including phenoxy) is 1. The molecule has 0 bridgehead atoms. The molecule has 6 rings (SSSR count). The van der Waals surface area contributed by atoms with Crippen LogP contribution in [0.2, 0.25) is 0 Å². The maximum absolute atomic E-state index is 5.72. The summed E-state index contributed by atoms with van der Waals surface area (Å²) in [5, 5.41) is 10.4. The van der Waals surface area contributed by atoms with Crippen LogP contribution in [0.1, 0.15) is 13.8 Å². The van der Waals surface area contributed by atoms with Crippen LogP contribution in [0.25, 0.3) is 38.7 Å². The number of benzene rings is 3. The molecule has 0 amide bonds. The van der Waals surface area contributed by atoms with Crippen molar-refractivity contribution in [2.45, 2.75) is 25.9 Å². The van der Waals surface area contributed by atoms with Crippen molar-refractivity contribution in [3.63, 3.8) is 0 Å². The van der Waals surface area contributed by atoms with Crippen molar-refractivity contribution >= 4 is 22.1 Å². The third-order valence-corrected chi connectivity index (χ3v) is 7.06. The topological polar surface area (TPSA) is 54.7 Å². The van der Waals surface area contributed by atoms with E-state index >= 15 is 0 Å². The van der Waals surface area contributed by atoms with E-state index in [0.29, 0.717) is 12.1 Å². The molecule has 5 aromatic rings. The summed E-state index contributed by atoms with van der Waals surface area (Å²) in [5.41, 5.74) is 6.20. The number of nitrogens with one attached hydrogen (secondary N) is 1. The summed E-state index contributed by atoms with van der Waals surface area (Å²) >= 11 is 0. The van der Waals surface area contributed by atoms with Gasteiger partial charge in [0, 0.05) is 54.4 Å². The first-order chi connectivity index (χ1) is 17.1. The van der Waals surface area contributed by atoms with Crippen LogP contribution in [0.3, 0.4) is 0 Å². The van der Waals surface area contributed by atoms with E-state index in [4.69, 9.17) is 9.72 Å². The predicted molar refractivity (Wildman–Crippen MR) is 142 cm³/mol. The van der Waals surface area contributed by atoms with E-state index in [1.165, 1.54) is 5.69 Å². The molecule has 1 aliphatic heterocycles. The highest BCUT2D eigenvalue weighted by Gasteiger charge is 2.24. The first kappa shape index (κ1) is 21.6. The van der Waals surface area contributed by atoms with Gasteiger partial charge in [-0.1, -0.05) is 42.5 Å². The van der Waals surface area contributed by atoms with Gasteiger partial charge in [0.15, 0.2) is 5.65 Å². The minimum absolute atomic E-state index is 0.469. The molecule has 1 fully saturated rings. The number of hydrogen-bond donors (Lipinski definition) is 1. The largest absolute Gasteiger partial charge is 0.496 e. The Morgan fingerprint density at radius 2 is 1.66 bits per heavy atom. The molecule has 0 aliphatic carbocycles. The number of aromatic nitrogens is 3. The van der Waals surface area contributed by atoms with Crippen molar-refractivity contribution in [3.05, 3.63) is 79.3 Å². The average molecular weight is 464 g/mol. The molecule has 0 spiro atoms. The molecule has 1 saturated heterocycles. The summed E-state index contributed by atoms with van der Waals surface area (Å²) in [7, 11) is 1.70. The molecule has 1 aliphatic rings. The van der Waals surface area contributed by atoms with Crippen LogP contribution >= 0.6 is 0 Å². The fourth-order valence-corrected chi connectivity index (χ4v) is 5.37. The van der Waals surface area contributed by atoms with Crippen LogP contribution in [-0.2, 0) is 0 Å². The smallest absolute Gasteiger partial charge is 0.162 e. The quantitative estimate of drug-likeness (QED) is 0.386. The van der Waals surface area contributed by atoms with Crippen molar-refractivity contribution in [1.82, 2.24) is 19.9 Å². The van der Waals surface area contributed by atoms with Crippen molar-refractivity contribution < 1.29 is 4.74 Å². The third-order valence-electron chi connectivity index (χ3n) is 7.06. The van der Waals surface area contributed by atoms with Gasteiger partial charge in [0.2, 0.25) is 0 Å². The van der Waals surface area contributed by atoms with Crippen LogP contribution in [0.4, 0.5) is 5.69 Å². The van der Waals surface area contributed by atoms with E-state index in [2.05, 4.69) is 77.8 Å². The highest BCUT2D eigenvalue weighted by atomic mass is 16.5. The van der Waals surface area contributed by atoms with Gasteiger partial charge in [-0.15, -0.1) is 0 Å². The fraction of sp³-hybridized carbons (Fsp3) is 0.241. The van der Waals surface area contributed by atoms with Gasteiger partial charge in [-0.05, 0) is 48.4 Å². The SMILES string of the molecule is COc1ccc2ccccc2c1-c1cnn2cc(-c3ccc(N4[C@H](C)CNC[C@@H]4C)cc3)cnc12. The molecule has 2 atom stereocenters. The second-order valence-electron chi connectivity index (χ2n) is 9.34. The van der Waals surface area contributed by atoms with Gasteiger partial charge in [0.05, 0.1) is 18.9 Å². The Morgan fingerprint density at radius 1 is 0.886 bits per heavy atom. The van der Waals surface area contributed by atoms with Crippen LogP contribution < -0.4 is 15.0 Å². The number of methoxy groups -OCH3 is 1. The number of piperazine rings is 1. The van der Waals surface area contributed by atoms with Gasteiger partial charge in [-0.3, -0.25) is 0 Å². The Hall–Kier alpha value is -3.90. The number of fused-ring (bicyclic) bond motifs is 2. The van der Waals surface area contributed by atoms with Crippen molar-refractivity contribution in [3.8, 4) is 28.0 Å². The lowest BCUT2D eigenvalue weighted by molar-refractivity contribution is 0.417. The predicted octanol–water partition coefficient (Wildman–Crippen LogP) is 5.41. The van der Waals surface area contributed by atoms with E-state index in [1.807, 2.05) is 35.1 Å². The molecule has 1 N–H and O–H groups in total. The molecular weight excluding hydrogens is 434 g/mol. The summed E-state index contributed by atoms with van der Waals surface area (Å²) in [6, 6.07) is 22.1. The van der Waals surface area contributed by atoms with Gasteiger partial charge in [-0.2, -0.15) is 5.10 Å². The van der Waals surface area contributed by atoms with Crippen LogP contribution in [0.5, 0.6) is 5.75 Å². The monoisotopic (exact) mass is 463 g/mol. The van der Waals surface area contributed by atoms with E-state index in [9.17, 15) is 0 Å². The van der Waals surface area contributed by atoms with Gasteiger partial charge < -0.3 is 15.0 Å². The molecule has 0 radical (unpaired) electrons. The summed E-state index contributed by atoms with van der Waals surface area (Å²) in [6.07, 6.45) is 5.87. The highest BCUT2D eigenvalue weighted by Crippen LogP contribution is 2.39. The zero-order chi connectivity index (χ0) is 23.9. The van der Waals surface area contributed by atoms with Crippen LogP contribution in [0.15, 0.2) is 79.3 Å². The fourth-order valence-electron chi connectivity index (χ4n) is 5.37. The van der Waals surface area contributed by atoms with E-state index in [0.717, 1.165) is 57.5 Å². The minimum atomic E-state index is 0.469. The molecule has 35 heavy (non-hydrogen) atoms. The second kappa shape index (κ2) is 8.71. The molecule has 2 aromatic heterocycles. The van der Waals surface area contributed by atoms with Gasteiger partial charge >= 0.3 is 0 Å². The maximum atomic E-state index is 5.72. The lowest BCUT2D eigenvalue weighted by Crippen LogP contribution is -2.55. The Balaban J connectivity index is 1.38. The van der Waals surface area contributed by atoms with Crippen LogP contribution in [0, 0.1) is 0 Å². The molecule has 6 heteroatoms. The molecule has 176 valence electrons. The van der Waals surface area contributed by atoms with Gasteiger partial charge in [0.1, 0.15) is 5.75 Å². The second-order valence-corrected chi connectivity index (χ2v) is 9.34. The van der Waals surface area contributed by atoms with Crippen molar-refractivity contribution in [2.24, 2.45) is 0 Å². The number of anilines is 1. The minimum Gasteiger partial charge on any atom is -0.496 e. The summed E-state index contributed by atoms with van der Waals surface area (Å²) in [6.45, 7) is 6.56. The Morgan fingerprint density at radius 3 is 2.43 bits per heavy atom. The number of nitrogens with zero attached hydrogens (tertiary/aromatic N) is 4. The first-order valence-electron chi connectivity index (χ1n) is 12.1. The third kappa shape index (κ3) is 3.70. The van der Waals surface area contributed by atoms with E-state index in [1.54, 1.807) is 7.11 Å². The van der Waals surface area contributed by atoms with Gasteiger partial charge in [0.25, 0.3) is 0 Å². The molecular formula is C29H29N5O. The standard InChI is InChI=1S/C29H29N5O/c1-19-14-30-15-20(2)34(19)24-11-8-21(9-12-24)23-16-31-29-26(17-32-33(29)18-23)28-25-7-5-4-6-22(25)10-13-27(28)35-3/h4-13,16-20,30H,14-15H2,1-3H3/t19-,20+. The zero-order valence-electron chi connectivity index (χ0n) is 20.3. The number of hydrogen-bond acceptors (Lipinski definition) is 5. The normalized spacial score (nSPS) is 18.3. The number of rotatable bonds is 4. The average Bonchev–Trinajstić information content (AvgIpc) is 3.31. The van der Waals surface area contributed by atoms with Crippen molar-refractivity contribution in [1.29, 1.82) is 0 Å². The molecule has 3 heterocycles. The summed E-state index contributed by atoms with van der Waals surface area (Å²) < 4.78 is 7.58. The molecule has 3 aromatic carbocycles. The Labute approximate surface area is 205 Å². The zero-order valence-corrected chi connectivity index (χ0v) is 20.3.